The van der Waals surface area contributed by atoms with Gasteiger partial charge in [-0.05, 0) is 35.4 Å². The first kappa shape index (κ1) is 22.4. The standard InChI is InChI=1S/C23H23F5N4/c24-19-5-1-17(2-6-19)22(18-3-7-20(25)8-4-18)31-13-11-30(12-14-31)15-21-29-9-10-32(21)16-23(26,27)28/h1-10,22H,11-16H2. The van der Waals surface area contributed by atoms with E-state index in [0.29, 0.717) is 38.5 Å². The molecule has 0 spiro atoms. The summed E-state index contributed by atoms with van der Waals surface area (Å²) in [4.78, 5) is 8.39. The topological polar surface area (TPSA) is 24.3 Å². The fraction of sp³-hybridized carbons (Fsp3) is 0.348. The maximum absolute atomic E-state index is 13.5. The number of halogens is 5. The number of hydrogen-bond acceptors (Lipinski definition) is 3. The lowest BCUT2D eigenvalue weighted by atomic mass is 9.96. The highest BCUT2D eigenvalue weighted by molar-refractivity contribution is 5.32. The molecular weight excluding hydrogens is 427 g/mol. The minimum atomic E-state index is -4.30. The van der Waals surface area contributed by atoms with Crippen LogP contribution in [0.3, 0.4) is 0 Å². The first-order valence-corrected chi connectivity index (χ1v) is 10.3. The van der Waals surface area contributed by atoms with Crippen LogP contribution >= 0.6 is 0 Å². The van der Waals surface area contributed by atoms with Crippen LogP contribution in [0.4, 0.5) is 22.0 Å². The number of nitrogens with zero attached hydrogens (tertiary/aromatic N) is 4. The smallest absolute Gasteiger partial charge is 0.325 e. The molecular formula is C23H23F5N4. The van der Waals surface area contributed by atoms with Crippen molar-refractivity contribution in [3.8, 4) is 0 Å². The summed E-state index contributed by atoms with van der Waals surface area (Å²) in [6.45, 7) is 1.85. The summed E-state index contributed by atoms with van der Waals surface area (Å²) in [6.07, 6.45) is -1.57. The van der Waals surface area contributed by atoms with E-state index in [9.17, 15) is 22.0 Å². The van der Waals surface area contributed by atoms with Gasteiger partial charge in [0.25, 0.3) is 0 Å². The number of imidazole rings is 1. The van der Waals surface area contributed by atoms with Gasteiger partial charge in [-0.3, -0.25) is 9.80 Å². The SMILES string of the molecule is Fc1ccc(C(c2ccc(F)cc2)N2CCN(Cc3nccn3CC(F)(F)F)CC2)cc1. The fourth-order valence-corrected chi connectivity index (χ4v) is 4.11. The summed E-state index contributed by atoms with van der Waals surface area (Å²) in [6, 6.07) is 12.3. The Balaban J connectivity index is 1.46. The number of aromatic nitrogens is 2. The highest BCUT2D eigenvalue weighted by Gasteiger charge is 2.30. The number of benzene rings is 2. The van der Waals surface area contributed by atoms with E-state index in [1.54, 1.807) is 24.3 Å². The number of hydrogen-bond donors (Lipinski definition) is 0. The normalized spacial score (nSPS) is 16.1. The van der Waals surface area contributed by atoms with E-state index in [2.05, 4.69) is 14.8 Å². The molecule has 3 aromatic rings. The highest BCUT2D eigenvalue weighted by atomic mass is 19.4. The van der Waals surface area contributed by atoms with Crippen molar-refractivity contribution in [2.75, 3.05) is 26.2 Å². The first-order chi connectivity index (χ1) is 15.3. The Labute approximate surface area is 182 Å². The molecule has 1 fully saturated rings. The van der Waals surface area contributed by atoms with E-state index in [0.717, 1.165) is 15.7 Å². The minimum absolute atomic E-state index is 0.175. The molecule has 2 aromatic carbocycles. The van der Waals surface area contributed by atoms with Crippen LogP contribution in [0.2, 0.25) is 0 Å². The third kappa shape index (κ3) is 5.52. The van der Waals surface area contributed by atoms with E-state index < -0.39 is 12.7 Å². The maximum Gasteiger partial charge on any atom is 0.406 e. The van der Waals surface area contributed by atoms with Gasteiger partial charge in [0.2, 0.25) is 0 Å². The summed E-state index contributed by atoms with van der Waals surface area (Å²) in [7, 11) is 0. The summed E-state index contributed by atoms with van der Waals surface area (Å²) in [5, 5.41) is 0. The molecule has 170 valence electrons. The van der Waals surface area contributed by atoms with Crippen molar-refractivity contribution in [1.82, 2.24) is 19.4 Å². The van der Waals surface area contributed by atoms with Gasteiger partial charge in [-0.1, -0.05) is 24.3 Å². The Bertz CT molecular complexity index is 961. The van der Waals surface area contributed by atoms with Gasteiger partial charge in [0.15, 0.2) is 0 Å². The van der Waals surface area contributed by atoms with Crippen molar-refractivity contribution in [3.63, 3.8) is 0 Å². The number of alkyl halides is 3. The van der Waals surface area contributed by atoms with Gasteiger partial charge >= 0.3 is 6.18 Å². The van der Waals surface area contributed by atoms with Crippen LogP contribution in [0.5, 0.6) is 0 Å². The molecule has 0 amide bonds. The maximum atomic E-state index is 13.5. The molecule has 0 unspecified atom stereocenters. The van der Waals surface area contributed by atoms with Crippen LogP contribution in [0.25, 0.3) is 0 Å². The van der Waals surface area contributed by atoms with Gasteiger partial charge in [-0.2, -0.15) is 13.2 Å². The summed E-state index contributed by atoms with van der Waals surface area (Å²) in [5.41, 5.74) is 1.79. The van der Waals surface area contributed by atoms with Gasteiger partial charge in [-0.15, -0.1) is 0 Å². The predicted octanol–water partition coefficient (Wildman–Crippen LogP) is 4.63. The second-order valence-electron chi connectivity index (χ2n) is 7.90. The molecule has 4 rings (SSSR count). The summed E-state index contributed by atoms with van der Waals surface area (Å²) >= 11 is 0. The van der Waals surface area contributed by atoms with Crippen molar-refractivity contribution >= 4 is 0 Å². The van der Waals surface area contributed by atoms with Gasteiger partial charge in [0, 0.05) is 38.6 Å². The van der Waals surface area contributed by atoms with Crippen molar-refractivity contribution in [1.29, 1.82) is 0 Å². The molecule has 9 heteroatoms. The lowest BCUT2D eigenvalue weighted by Gasteiger charge is -2.39. The Morgan fingerprint density at radius 3 is 1.84 bits per heavy atom. The van der Waals surface area contributed by atoms with Gasteiger partial charge in [0.1, 0.15) is 24.0 Å². The van der Waals surface area contributed by atoms with Gasteiger partial charge in [-0.25, -0.2) is 13.8 Å². The fourth-order valence-electron chi connectivity index (χ4n) is 4.11. The van der Waals surface area contributed by atoms with E-state index in [4.69, 9.17) is 0 Å². The van der Waals surface area contributed by atoms with Crippen molar-refractivity contribution in [2.24, 2.45) is 0 Å². The zero-order valence-electron chi connectivity index (χ0n) is 17.3. The monoisotopic (exact) mass is 450 g/mol. The highest BCUT2D eigenvalue weighted by Crippen LogP contribution is 2.30. The molecule has 4 nitrogen and oxygen atoms in total. The van der Waals surface area contributed by atoms with Crippen LogP contribution in [-0.4, -0.2) is 51.7 Å². The largest absolute Gasteiger partial charge is 0.406 e. The molecule has 0 bridgehead atoms. The molecule has 0 N–H and O–H groups in total. The summed E-state index contributed by atoms with van der Waals surface area (Å²) in [5.74, 6) is -0.277. The first-order valence-electron chi connectivity index (χ1n) is 10.3. The van der Waals surface area contributed by atoms with E-state index in [1.807, 2.05) is 0 Å². The lowest BCUT2D eigenvalue weighted by Crippen LogP contribution is -2.47. The molecule has 1 aliphatic heterocycles. The molecule has 0 aliphatic carbocycles. The quantitative estimate of drug-likeness (QED) is 0.512. The summed E-state index contributed by atoms with van der Waals surface area (Å²) < 4.78 is 66.4. The van der Waals surface area contributed by atoms with E-state index >= 15 is 0 Å². The van der Waals surface area contributed by atoms with Crippen molar-refractivity contribution in [3.05, 3.63) is 89.5 Å². The Morgan fingerprint density at radius 2 is 1.34 bits per heavy atom. The molecule has 2 heterocycles. The molecule has 1 saturated heterocycles. The molecule has 0 saturated carbocycles. The van der Waals surface area contributed by atoms with Crippen LogP contribution in [0, 0.1) is 11.6 Å². The minimum Gasteiger partial charge on any atom is -0.325 e. The van der Waals surface area contributed by atoms with Crippen LogP contribution in [-0.2, 0) is 13.1 Å². The van der Waals surface area contributed by atoms with Crippen LogP contribution < -0.4 is 0 Å². The average Bonchev–Trinajstić information content (AvgIpc) is 3.17. The third-order valence-corrected chi connectivity index (χ3v) is 5.66. The van der Waals surface area contributed by atoms with E-state index in [1.165, 1.54) is 36.7 Å². The van der Waals surface area contributed by atoms with E-state index in [-0.39, 0.29) is 17.7 Å². The molecule has 1 aliphatic rings. The lowest BCUT2D eigenvalue weighted by molar-refractivity contribution is -0.141. The number of piperazine rings is 1. The molecule has 32 heavy (non-hydrogen) atoms. The molecule has 0 radical (unpaired) electrons. The van der Waals surface area contributed by atoms with Crippen molar-refractivity contribution < 1.29 is 22.0 Å². The van der Waals surface area contributed by atoms with Crippen LogP contribution in [0.15, 0.2) is 60.9 Å². The Hall–Kier alpha value is -2.78. The zero-order valence-corrected chi connectivity index (χ0v) is 17.3. The second kappa shape index (κ2) is 9.38. The predicted molar refractivity (Wildman–Crippen MR) is 110 cm³/mol. The van der Waals surface area contributed by atoms with Gasteiger partial charge in [0.05, 0.1) is 12.6 Å². The third-order valence-electron chi connectivity index (χ3n) is 5.66. The molecule has 0 atom stereocenters. The number of rotatable bonds is 6. The van der Waals surface area contributed by atoms with Crippen LogP contribution in [0.1, 0.15) is 23.0 Å². The Kier molecular flexibility index (Phi) is 6.57. The molecule has 1 aromatic heterocycles. The average molecular weight is 450 g/mol. The van der Waals surface area contributed by atoms with Crippen molar-refractivity contribution in [2.45, 2.75) is 25.3 Å². The zero-order chi connectivity index (χ0) is 22.7. The van der Waals surface area contributed by atoms with Gasteiger partial charge < -0.3 is 4.57 Å². The Morgan fingerprint density at radius 1 is 0.812 bits per heavy atom. The second-order valence-corrected chi connectivity index (χ2v) is 7.90.